The van der Waals surface area contributed by atoms with Gasteiger partial charge in [-0.25, -0.2) is 9.18 Å². The van der Waals surface area contributed by atoms with Crippen molar-refractivity contribution in [2.75, 3.05) is 0 Å². The summed E-state index contributed by atoms with van der Waals surface area (Å²) in [5, 5.41) is 10.9. The largest absolute Gasteiger partial charge is 0.480 e. The third-order valence-corrected chi connectivity index (χ3v) is 7.67. The molecule has 212 valence electrons. The molecule has 0 bridgehead atoms. The zero-order chi connectivity index (χ0) is 30.1. The van der Waals surface area contributed by atoms with Crippen LogP contribution in [-0.2, 0) is 18.3 Å². The number of aromatic nitrogens is 3. The molecule has 0 amide bonds. The van der Waals surface area contributed by atoms with Gasteiger partial charge in [0.25, 0.3) is 5.56 Å². The predicted molar refractivity (Wildman–Crippen MR) is 166 cm³/mol. The zero-order valence-electron chi connectivity index (χ0n) is 23.5. The monoisotopic (exact) mass is 570 g/mol. The van der Waals surface area contributed by atoms with Crippen molar-refractivity contribution in [1.29, 1.82) is 0 Å². The van der Waals surface area contributed by atoms with Crippen LogP contribution < -0.4 is 5.56 Å². The summed E-state index contributed by atoms with van der Waals surface area (Å²) in [6.45, 7) is 1.79. The number of fused-ring (bicyclic) bond motifs is 2. The Morgan fingerprint density at radius 1 is 0.907 bits per heavy atom. The van der Waals surface area contributed by atoms with E-state index in [1.54, 1.807) is 32.2 Å². The number of pyridine rings is 1. The average Bonchev–Trinajstić information content (AvgIpc) is 3.03. The summed E-state index contributed by atoms with van der Waals surface area (Å²) in [4.78, 5) is 40.1. The maximum atomic E-state index is 14.2. The molecule has 0 aliphatic rings. The molecular weight excluding hydrogens is 543 g/mol. The summed E-state index contributed by atoms with van der Waals surface area (Å²) in [6, 6.07) is 25.7. The molecule has 4 aromatic carbocycles. The Bertz CT molecular complexity index is 2050. The van der Waals surface area contributed by atoms with Gasteiger partial charge in [0.1, 0.15) is 5.82 Å². The van der Waals surface area contributed by atoms with E-state index in [1.165, 1.54) is 29.1 Å². The molecule has 8 heteroatoms. The Balaban J connectivity index is 1.49. The topological polar surface area (TPSA) is 97.4 Å². The second-order valence-electron chi connectivity index (χ2n) is 10.3. The van der Waals surface area contributed by atoms with Crippen LogP contribution in [0.2, 0.25) is 0 Å². The van der Waals surface area contributed by atoms with Gasteiger partial charge in [0.05, 0.1) is 27.8 Å². The number of hydrogen-bond acceptors (Lipinski definition) is 5. The van der Waals surface area contributed by atoms with Gasteiger partial charge in [-0.05, 0) is 36.2 Å². The second kappa shape index (κ2) is 11.4. The minimum atomic E-state index is -1.12. The van der Waals surface area contributed by atoms with Crippen LogP contribution in [-0.4, -0.2) is 37.4 Å². The van der Waals surface area contributed by atoms with Gasteiger partial charge < -0.3 is 9.67 Å². The first-order chi connectivity index (χ1) is 20.8. The van der Waals surface area contributed by atoms with Gasteiger partial charge >= 0.3 is 5.97 Å². The van der Waals surface area contributed by atoms with Gasteiger partial charge in [-0.2, -0.15) is 0 Å². The van der Waals surface area contributed by atoms with E-state index in [2.05, 4.69) is 9.97 Å². The van der Waals surface area contributed by atoms with Crippen LogP contribution in [0.1, 0.15) is 22.3 Å². The highest BCUT2D eigenvalue weighted by Gasteiger charge is 2.23. The van der Waals surface area contributed by atoms with Crippen molar-refractivity contribution in [2.24, 2.45) is 12.0 Å². The van der Waals surface area contributed by atoms with Crippen molar-refractivity contribution in [3.63, 3.8) is 0 Å². The summed E-state index contributed by atoms with van der Waals surface area (Å²) in [5.41, 5.74) is 5.67. The van der Waals surface area contributed by atoms with Gasteiger partial charge in [-0.15, -0.1) is 0 Å². The Labute approximate surface area is 246 Å². The summed E-state index contributed by atoms with van der Waals surface area (Å²) < 4.78 is 15.7. The lowest BCUT2D eigenvalue weighted by atomic mass is 9.94. The second-order valence-corrected chi connectivity index (χ2v) is 10.3. The first-order valence-corrected chi connectivity index (χ1v) is 13.8. The van der Waals surface area contributed by atoms with E-state index in [-0.39, 0.29) is 12.0 Å². The average molecular weight is 571 g/mol. The van der Waals surface area contributed by atoms with E-state index in [4.69, 9.17) is 4.99 Å². The molecule has 0 aliphatic carbocycles. The number of halogens is 1. The van der Waals surface area contributed by atoms with E-state index in [0.29, 0.717) is 49.9 Å². The number of carboxylic acid groups (broad SMARTS) is 1. The van der Waals surface area contributed by atoms with Gasteiger partial charge in [-0.1, -0.05) is 72.8 Å². The third-order valence-electron chi connectivity index (χ3n) is 7.67. The highest BCUT2D eigenvalue weighted by molar-refractivity contribution is 6.13. The lowest BCUT2D eigenvalue weighted by Gasteiger charge is -2.17. The molecule has 0 saturated heterocycles. The molecule has 6 rings (SSSR count). The van der Waals surface area contributed by atoms with Crippen LogP contribution in [0, 0.1) is 12.7 Å². The molecule has 1 N–H and O–H groups in total. The molecule has 0 saturated carbocycles. The Hall–Kier alpha value is -5.50. The van der Waals surface area contributed by atoms with Crippen molar-refractivity contribution in [3.8, 4) is 11.1 Å². The van der Waals surface area contributed by atoms with Crippen molar-refractivity contribution in [3.05, 3.63) is 142 Å². The standard InChI is InChI=1S/C35H27FN4O3/c1-21-27-20-25(36)14-16-29(27)40(2)34(41)30(21)26-15-13-24(32-33(26)38-18-17-37-32)19-28(35(42)43)39-31(22-9-5-3-6-10-22)23-11-7-4-8-12-23/h3-18,20,28H,19H2,1-2H3,(H,42,43). The van der Waals surface area contributed by atoms with Gasteiger partial charge in [-0.3, -0.25) is 19.8 Å². The van der Waals surface area contributed by atoms with Crippen molar-refractivity contribution in [2.45, 2.75) is 19.4 Å². The number of carboxylic acids is 1. The molecule has 2 heterocycles. The number of aliphatic carboxylic acids is 1. The SMILES string of the molecule is Cc1c(-c2ccc(CC(N=C(c3ccccc3)c3ccccc3)C(=O)O)c3nccnc23)c(=O)n(C)c2ccc(F)cc12. The van der Waals surface area contributed by atoms with Gasteiger partial charge in [0.15, 0.2) is 6.04 Å². The van der Waals surface area contributed by atoms with Crippen LogP contribution >= 0.6 is 0 Å². The van der Waals surface area contributed by atoms with Gasteiger partial charge in [0, 0.05) is 47.9 Å². The first kappa shape index (κ1) is 27.7. The van der Waals surface area contributed by atoms with E-state index < -0.39 is 17.8 Å². The zero-order valence-corrected chi connectivity index (χ0v) is 23.5. The third kappa shape index (κ3) is 5.19. The number of rotatable bonds is 7. The fraction of sp³-hybridized carbons (Fsp3) is 0.114. The maximum absolute atomic E-state index is 14.2. The highest BCUT2D eigenvalue weighted by atomic mass is 19.1. The number of aryl methyl sites for hydroxylation is 2. The number of carbonyl (C=O) groups is 1. The van der Waals surface area contributed by atoms with Gasteiger partial charge in [0.2, 0.25) is 0 Å². The molecule has 1 atom stereocenters. The summed E-state index contributed by atoms with van der Waals surface area (Å²) in [6.07, 6.45) is 3.12. The molecule has 6 aromatic rings. The summed E-state index contributed by atoms with van der Waals surface area (Å²) in [7, 11) is 1.65. The molecule has 43 heavy (non-hydrogen) atoms. The predicted octanol–water partition coefficient (Wildman–Crippen LogP) is 6.13. The molecule has 1 unspecified atom stereocenters. The van der Waals surface area contributed by atoms with E-state index in [1.807, 2.05) is 60.7 Å². The van der Waals surface area contributed by atoms with E-state index >= 15 is 0 Å². The number of benzene rings is 4. The van der Waals surface area contributed by atoms with Crippen LogP contribution in [0.4, 0.5) is 4.39 Å². The lowest BCUT2D eigenvalue weighted by molar-refractivity contribution is -0.138. The quantitative estimate of drug-likeness (QED) is 0.233. The minimum Gasteiger partial charge on any atom is -0.480 e. The number of hydrogen-bond donors (Lipinski definition) is 1. The van der Waals surface area contributed by atoms with Crippen molar-refractivity contribution in [1.82, 2.24) is 14.5 Å². The molecule has 7 nitrogen and oxygen atoms in total. The Morgan fingerprint density at radius 2 is 1.53 bits per heavy atom. The van der Waals surface area contributed by atoms with Crippen LogP contribution in [0.5, 0.6) is 0 Å². The first-order valence-electron chi connectivity index (χ1n) is 13.8. The fourth-order valence-electron chi connectivity index (χ4n) is 5.53. The van der Waals surface area contributed by atoms with Crippen LogP contribution in [0.15, 0.2) is 113 Å². The Morgan fingerprint density at radius 3 is 2.16 bits per heavy atom. The number of nitrogens with zero attached hydrogens (tertiary/aromatic N) is 4. The minimum absolute atomic E-state index is 0.0495. The smallest absolute Gasteiger partial charge is 0.328 e. The van der Waals surface area contributed by atoms with Crippen molar-refractivity contribution < 1.29 is 14.3 Å². The molecule has 2 aromatic heterocycles. The lowest BCUT2D eigenvalue weighted by Crippen LogP contribution is -2.24. The molecule has 0 aliphatic heterocycles. The van der Waals surface area contributed by atoms with E-state index in [0.717, 1.165) is 11.1 Å². The van der Waals surface area contributed by atoms with E-state index in [9.17, 15) is 19.1 Å². The summed E-state index contributed by atoms with van der Waals surface area (Å²) >= 11 is 0. The summed E-state index contributed by atoms with van der Waals surface area (Å²) in [5.74, 6) is -1.47. The van der Waals surface area contributed by atoms with Crippen LogP contribution in [0.25, 0.3) is 33.1 Å². The number of aliphatic imine (C=N–C) groups is 1. The Kier molecular flexibility index (Phi) is 7.34. The highest BCUT2D eigenvalue weighted by Crippen LogP contribution is 2.32. The molecule has 0 radical (unpaired) electrons. The molecule has 0 fully saturated rings. The molecular formula is C35H27FN4O3. The fourth-order valence-corrected chi connectivity index (χ4v) is 5.53. The van der Waals surface area contributed by atoms with Crippen LogP contribution in [0.3, 0.4) is 0 Å². The maximum Gasteiger partial charge on any atom is 0.328 e. The molecule has 0 spiro atoms. The normalized spacial score (nSPS) is 11.9. The van der Waals surface area contributed by atoms with Crippen molar-refractivity contribution >= 4 is 33.6 Å².